The molecular formula is C18H15F2NO4. The summed E-state index contributed by atoms with van der Waals surface area (Å²) >= 11 is 0. The predicted octanol–water partition coefficient (Wildman–Crippen LogP) is 2.48. The summed E-state index contributed by atoms with van der Waals surface area (Å²) in [6.07, 6.45) is 0.155. The Morgan fingerprint density at radius 3 is 2.76 bits per heavy atom. The van der Waals surface area contributed by atoms with Crippen LogP contribution in [0.2, 0.25) is 0 Å². The Balaban J connectivity index is 1.61. The molecule has 1 atom stereocenters. The molecule has 1 N–H and O–H groups in total. The summed E-state index contributed by atoms with van der Waals surface area (Å²) in [6.45, 7) is 0.151. The lowest BCUT2D eigenvalue weighted by Gasteiger charge is -2.12. The number of carbonyl (C=O) groups excluding carboxylic acids is 2. The van der Waals surface area contributed by atoms with Crippen LogP contribution in [0.4, 0.5) is 8.78 Å². The van der Waals surface area contributed by atoms with Gasteiger partial charge in [-0.3, -0.25) is 4.79 Å². The van der Waals surface area contributed by atoms with Gasteiger partial charge in [-0.2, -0.15) is 0 Å². The molecule has 130 valence electrons. The Kier molecular flexibility index (Phi) is 4.65. The van der Waals surface area contributed by atoms with Crippen LogP contribution in [-0.2, 0) is 11.2 Å². The SMILES string of the molecule is COC(=O)c1ccc2c(c1)C[C@H](CNC(=O)c1ccc(F)cc1F)O2. The smallest absolute Gasteiger partial charge is 0.337 e. The normalized spacial score (nSPS) is 15.2. The molecule has 0 saturated carbocycles. The van der Waals surface area contributed by atoms with Gasteiger partial charge in [-0.05, 0) is 35.9 Å². The summed E-state index contributed by atoms with van der Waals surface area (Å²) in [4.78, 5) is 23.5. The minimum atomic E-state index is -0.921. The minimum absolute atomic E-state index is 0.151. The van der Waals surface area contributed by atoms with Crippen molar-refractivity contribution in [3.8, 4) is 5.75 Å². The number of amides is 1. The molecular weight excluding hydrogens is 332 g/mol. The fourth-order valence-corrected chi connectivity index (χ4v) is 2.65. The van der Waals surface area contributed by atoms with Crippen molar-refractivity contribution in [2.45, 2.75) is 12.5 Å². The Hall–Kier alpha value is -2.96. The highest BCUT2D eigenvalue weighted by molar-refractivity contribution is 5.94. The van der Waals surface area contributed by atoms with Crippen LogP contribution in [0.5, 0.6) is 5.75 Å². The van der Waals surface area contributed by atoms with Crippen LogP contribution >= 0.6 is 0 Å². The van der Waals surface area contributed by atoms with Crippen molar-refractivity contribution in [3.05, 3.63) is 64.7 Å². The maximum atomic E-state index is 13.6. The molecule has 0 fully saturated rings. The number of methoxy groups -OCH3 is 1. The monoisotopic (exact) mass is 347 g/mol. The zero-order valence-electron chi connectivity index (χ0n) is 13.3. The van der Waals surface area contributed by atoms with E-state index in [0.29, 0.717) is 23.8 Å². The molecule has 5 nitrogen and oxygen atoms in total. The summed E-state index contributed by atoms with van der Waals surface area (Å²) in [5.41, 5.74) is 1.02. The van der Waals surface area contributed by atoms with Crippen molar-refractivity contribution < 1.29 is 27.8 Å². The third-order valence-electron chi connectivity index (χ3n) is 3.89. The van der Waals surface area contributed by atoms with Crippen LogP contribution in [-0.4, -0.2) is 31.6 Å². The van der Waals surface area contributed by atoms with Crippen molar-refractivity contribution in [3.63, 3.8) is 0 Å². The third kappa shape index (κ3) is 3.60. The van der Waals surface area contributed by atoms with Crippen LogP contribution in [0, 0.1) is 11.6 Å². The Morgan fingerprint density at radius 1 is 1.24 bits per heavy atom. The fraction of sp³-hybridized carbons (Fsp3) is 0.222. The highest BCUT2D eigenvalue weighted by Crippen LogP contribution is 2.29. The first-order valence-corrected chi connectivity index (χ1v) is 7.59. The van der Waals surface area contributed by atoms with E-state index in [4.69, 9.17) is 4.74 Å². The van der Waals surface area contributed by atoms with Crippen LogP contribution in [0.25, 0.3) is 0 Å². The summed E-state index contributed by atoms with van der Waals surface area (Å²) in [5.74, 6) is -2.13. The summed E-state index contributed by atoms with van der Waals surface area (Å²) in [6, 6.07) is 7.72. The van der Waals surface area contributed by atoms with Gasteiger partial charge >= 0.3 is 5.97 Å². The van der Waals surface area contributed by atoms with Crippen LogP contribution in [0.15, 0.2) is 36.4 Å². The van der Waals surface area contributed by atoms with Crippen molar-refractivity contribution >= 4 is 11.9 Å². The lowest BCUT2D eigenvalue weighted by molar-refractivity contribution is 0.0600. The number of hydrogen-bond donors (Lipinski definition) is 1. The Labute approximate surface area is 142 Å². The largest absolute Gasteiger partial charge is 0.488 e. The van der Waals surface area contributed by atoms with Crippen molar-refractivity contribution in [1.29, 1.82) is 0 Å². The van der Waals surface area contributed by atoms with Gasteiger partial charge in [0.1, 0.15) is 23.5 Å². The van der Waals surface area contributed by atoms with Crippen LogP contribution in [0.3, 0.4) is 0 Å². The van der Waals surface area contributed by atoms with Gasteiger partial charge in [-0.15, -0.1) is 0 Å². The average molecular weight is 347 g/mol. The first kappa shape index (κ1) is 16.9. The Morgan fingerprint density at radius 2 is 2.04 bits per heavy atom. The molecule has 0 aliphatic carbocycles. The molecule has 1 heterocycles. The van der Waals surface area contributed by atoms with Gasteiger partial charge in [0, 0.05) is 12.5 Å². The predicted molar refractivity (Wildman–Crippen MR) is 84.6 cm³/mol. The second-order valence-electron chi connectivity index (χ2n) is 5.59. The second-order valence-corrected chi connectivity index (χ2v) is 5.59. The maximum absolute atomic E-state index is 13.6. The fourth-order valence-electron chi connectivity index (χ4n) is 2.65. The minimum Gasteiger partial charge on any atom is -0.488 e. The Bertz CT molecular complexity index is 838. The highest BCUT2D eigenvalue weighted by atomic mass is 19.1. The van der Waals surface area contributed by atoms with Crippen LogP contribution in [0.1, 0.15) is 26.3 Å². The van der Waals surface area contributed by atoms with E-state index in [1.54, 1.807) is 18.2 Å². The van der Waals surface area contributed by atoms with Crippen molar-refractivity contribution in [2.75, 3.05) is 13.7 Å². The molecule has 1 amide bonds. The number of halogens is 2. The molecule has 0 spiro atoms. The standard InChI is InChI=1S/C18H15F2NO4/c1-24-18(23)10-2-5-16-11(6-10)7-13(25-16)9-21-17(22)14-4-3-12(19)8-15(14)20/h2-6,8,13H,7,9H2,1H3,(H,21,22)/t13-/m1/s1. The van der Waals surface area contributed by atoms with Crippen molar-refractivity contribution in [2.24, 2.45) is 0 Å². The number of fused-ring (bicyclic) bond motifs is 1. The van der Waals surface area contributed by atoms with Gasteiger partial charge in [0.25, 0.3) is 5.91 Å². The average Bonchev–Trinajstić information content (AvgIpc) is 3.01. The van der Waals surface area contributed by atoms with E-state index in [1.807, 2.05) is 0 Å². The van der Waals surface area contributed by atoms with E-state index in [9.17, 15) is 18.4 Å². The van der Waals surface area contributed by atoms with Gasteiger partial charge in [0.05, 0.1) is 24.8 Å². The number of carbonyl (C=O) groups is 2. The number of hydrogen-bond acceptors (Lipinski definition) is 4. The van der Waals surface area contributed by atoms with Gasteiger partial charge in [-0.25, -0.2) is 13.6 Å². The maximum Gasteiger partial charge on any atom is 0.337 e. The second kappa shape index (κ2) is 6.88. The number of nitrogens with one attached hydrogen (secondary N) is 1. The van der Waals surface area contributed by atoms with E-state index < -0.39 is 23.5 Å². The molecule has 0 unspecified atom stereocenters. The summed E-state index contributed by atoms with van der Waals surface area (Å²) in [5, 5.41) is 2.57. The molecule has 7 heteroatoms. The topological polar surface area (TPSA) is 64.6 Å². The van der Waals surface area contributed by atoms with Gasteiger partial charge in [-0.1, -0.05) is 0 Å². The third-order valence-corrected chi connectivity index (χ3v) is 3.89. The van der Waals surface area contributed by atoms with Gasteiger partial charge in [0.2, 0.25) is 0 Å². The lowest BCUT2D eigenvalue weighted by atomic mass is 10.1. The first-order valence-electron chi connectivity index (χ1n) is 7.59. The first-order chi connectivity index (χ1) is 12.0. The quantitative estimate of drug-likeness (QED) is 0.863. The number of benzene rings is 2. The van der Waals surface area contributed by atoms with E-state index in [1.165, 1.54) is 7.11 Å². The number of rotatable bonds is 4. The van der Waals surface area contributed by atoms with E-state index in [2.05, 4.69) is 10.1 Å². The molecule has 2 aromatic rings. The van der Waals surface area contributed by atoms with Crippen molar-refractivity contribution in [1.82, 2.24) is 5.32 Å². The number of ether oxygens (including phenoxy) is 2. The lowest BCUT2D eigenvalue weighted by Crippen LogP contribution is -2.34. The molecule has 2 aromatic carbocycles. The molecule has 3 rings (SSSR count). The van der Waals surface area contributed by atoms with E-state index >= 15 is 0 Å². The number of esters is 1. The van der Waals surface area contributed by atoms with Crippen LogP contribution < -0.4 is 10.1 Å². The van der Waals surface area contributed by atoms with E-state index in [0.717, 1.165) is 17.7 Å². The molecule has 0 aromatic heterocycles. The zero-order valence-corrected chi connectivity index (χ0v) is 13.3. The molecule has 0 saturated heterocycles. The van der Waals surface area contributed by atoms with Gasteiger partial charge in [0.15, 0.2) is 0 Å². The zero-order chi connectivity index (χ0) is 18.0. The molecule has 0 bridgehead atoms. The summed E-state index contributed by atoms with van der Waals surface area (Å²) in [7, 11) is 1.30. The van der Waals surface area contributed by atoms with Gasteiger partial charge < -0.3 is 14.8 Å². The summed E-state index contributed by atoms with van der Waals surface area (Å²) < 4.78 is 36.8. The van der Waals surface area contributed by atoms with E-state index in [-0.39, 0.29) is 18.2 Å². The molecule has 25 heavy (non-hydrogen) atoms. The molecule has 1 aliphatic heterocycles. The highest BCUT2D eigenvalue weighted by Gasteiger charge is 2.25. The molecule has 1 aliphatic rings. The molecule has 0 radical (unpaired) electrons.